The summed E-state index contributed by atoms with van der Waals surface area (Å²) in [6.07, 6.45) is 3.71. The summed E-state index contributed by atoms with van der Waals surface area (Å²) in [7, 11) is -0.886. The van der Waals surface area contributed by atoms with Crippen LogP contribution >= 0.6 is 23.2 Å². The number of halogens is 2. The highest BCUT2D eigenvalue weighted by molar-refractivity contribution is 7.89. The number of carbonyl (C=O) groups excluding carboxylic acids is 1. The highest BCUT2D eigenvalue weighted by atomic mass is 35.5. The van der Waals surface area contributed by atoms with Crippen molar-refractivity contribution in [2.75, 3.05) is 20.8 Å². The van der Waals surface area contributed by atoms with Crippen molar-refractivity contribution in [3.63, 3.8) is 0 Å². The van der Waals surface area contributed by atoms with E-state index in [-0.39, 0.29) is 34.8 Å². The molecule has 3 aromatic rings. The van der Waals surface area contributed by atoms with Gasteiger partial charge in [0.15, 0.2) is 11.5 Å². The number of hydrogen-bond donors (Lipinski definition) is 0. The topological polar surface area (TPSA) is 100.0 Å². The van der Waals surface area contributed by atoms with Gasteiger partial charge >= 0.3 is 5.97 Å². The van der Waals surface area contributed by atoms with Crippen LogP contribution in [0.25, 0.3) is 0 Å². The van der Waals surface area contributed by atoms with Gasteiger partial charge in [0, 0.05) is 29.4 Å². The summed E-state index contributed by atoms with van der Waals surface area (Å²) in [5, 5.41) is 4.94. The van der Waals surface area contributed by atoms with Gasteiger partial charge in [0.25, 0.3) is 0 Å². The second kappa shape index (κ2) is 11.3. The van der Waals surface area contributed by atoms with Gasteiger partial charge in [-0.25, -0.2) is 8.42 Å². The summed E-state index contributed by atoms with van der Waals surface area (Å²) in [5.74, 6) is 0.682. The first kappa shape index (κ1) is 27.3. The van der Waals surface area contributed by atoms with Crippen molar-refractivity contribution < 1.29 is 27.4 Å². The largest absolute Gasteiger partial charge is 0.493 e. The molecule has 198 valence electrons. The van der Waals surface area contributed by atoms with E-state index in [2.05, 4.69) is 5.10 Å². The van der Waals surface area contributed by atoms with Crippen molar-refractivity contribution in [3.8, 4) is 17.2 Å². The first-order valence-corrected chi connectivity index (χ1v) is 13.8. The summed E-state index contributed by atoms with van der Waals surface area (Å²) < 4.78 is 46.2. The van der Waals surface area contributed by atoms with Crippen molar-refractivity contribution >= 4 is 39.2 Å². The van der Waals surface area contributed by atoms with E-state index in [1.54, 1.807) is 36.0 Å². The molecule has 1 aliphatic rings. The number of hydrogen-bond acceptors (Lipinski definition) is 7. The predicted octanol–water partition coefficient (Wildman–Crippen LogP) is 5.25. The lowest BCUT2D eigenvalue weighted by Crippen LogP contribution is -2.33. The van der Waals surface area contributed by atoms with Gasteiger partial charge in [0.2, 0.25) is 10.0 Å². The van der Waals surface area contributed by atoms with Crippen LogP contribution in [0.15, 0.2) is 47.5 Å². The molecule has 1 atom stereocenters. The lowest BCUT2D eigenvalue weighted by Gasteiger charge is -2.31. The third-order valence-corrected chi connectivity index (χ3v) is 8.57. The van der Waals surface area contributed by atoms with E-state index < -0.39 is 16.1 Å². The smallest absolute Gasteiger partial charge is 0.327 e. The summed E-state index contributed by atoms with van der Waals surface area (Å²) >= 11 is 12.4. The Morgan fingerprint density at radius 2 is 1.92 bits per heavy atom. The molecular formula is C25H27Cl2N3O6S. The molecule has 4 rings (SSSR count). The highest BCUT2D eigenvalue weighted by Gasteiger charge is 2.34. The molecule has 0 spiro atoms. The maximum Gasteiger partial charge on any atom is 0.327 e. The second-order valence-corrected chi connectivity index (χ2v) is 11.3. The Bertz CT molecular complexity index is 1410. The SMILES string of the molecule is CCOC(=O)Cn1ncc2c1CCCC2N(C)S(=O)(=O)c1ccc(Oc2ccc(Cl)cc2OC)c(Cl)c1. The number of carbonyl (C=O) groups is 1. The van der Waals surface area contributed by atoms with Crippen LogP contribution in [0.5, 0.6) is 17.2 Å². The maximum atomic E-state index is 13.6. The predicted molar refractivity (Wildman–Crippen MR) is 139 cm³/mol. The molecule has 0 saturated carbocycles. The molecule has 0 N–H and O–H groups in total. The molecule has 1 aromatic heterocycles. The van der Waals surface area contributed by atoms with Crippen molar-refractivity contribution in [1.82, 2.24) is 14.1 Å². The molecule has 0 fully saturated rings. The first-order chi connectivity index (χ1) is 17.6. The molecule has 0 radical (unpaired) electrons. The number of ether oxygens (including phenoxy) is 3. The molecular weight excluding hydrogens is 541 g/mol. The molecule has 12 heteroatoms. The van der Waals surface area contributed by atoms with Gasteiger partial charge in [-0.2, -0.15) is 9.40 Å². The Morgan fingerprint density at radius 3 is 2.62 bits per heavy atom. The number of aromatic nitrogens is 2. The van der Waals surface area contributed by atoms with Gasteiger partial charge in [-0.15, -0.1) is 0 Å². The Labute approximate surface area is 225 Å². The lowest BCUT2D eigenvalue weighted by molar-refractivity contribution is -0.144. The van der Waals surface area contributed by atoms with Gasteiger partial charge in [-0.1, -0.05) is 23.2 Å². The molecule has 1 heterocycles. The van der Waals surface area contributed by atoms with Crippen LogP contribution in [0.4, 0.5) is 0 Å². The molecule has 0 amide bonds. The van der Waals surface area contributed by atoms with Crippen LogP contribution in [-0.4, -0.2) is 49.2 Å². The van der Waals surface area contributed by atoms with Gasteiger partial charge < -0.3 is 14.2 Å². The third kappa shape index (κ3) is 5.72. The summed E-state index contributed by atoms with van der Waals surface area (Å²) in [4.78, 5) is 12.0. The number of nitrogens with zero attached hydrogens (tertiary/aromatic N) is 3. The maximum absolute atomic E-state index is 13.6. The molecule has 0 aliphatic heterocycles. The lowest BCUT2D eigenvalue weighted by atomic mass is 9.93. The van der Waals surface area contributed by atoms with E-state index in [9.17, 15) is 13.2 Å². The first-order valence-electron chi connectivity index (χ1n) is 11.6. The average Bonchev–Trinajstić information content (AvgIpc) is 3.28. The van der Waals surface area contributed by atoms with Crippen molar-refractivity contribution in [2.45, 2.75) is 43.7 Å². The highest BCUT2D eigenvalue weighted by Crippen LogP contribution is 2.40. The summed E-state index contributed by atoms with van der Waals surface area (Å²) in [5.41, 5.74) is 1.62. The van der Waals surface area contributed by atoms with Crippen LogP contribution < -0.4 is 9.47 Å². The zero-order valence-corrected chi connectivity index (χ0v) is 22.9. The standard InChI is InChI=1S/C25H27Cl2N3O6S/c1-4-35-25(31)15-30-21-7-5-6-20(18(21)14-28-30)29(2)37(32,33)17-9-11-22(19(27)13-17)36-23-10-8-16(26)12-24(23)34-3/h8-14,20H,4-7,15H2,1-3H3. The Kier molecular flexibility index (Phi) is 8.33. The normalized spacial score (nSPS) is 15.4. The minimum absolute atomic E-state index is 0.0121. The van der Waals surface area contributed by atoms with E-state index in [0.717, 1.165) is 17.7 Å². The molecule has 1 unspecified atom stereocenters. The number of rotatable bonds is 9. The van der Waals surface area contributed by atoms with Crippen LogP contribution in [-0.2, 0) is 32.5 Å². The summed E-state index contributed by atoms with van der Waals surface area (Å²) in [6, 6.07) is 8.76. The van der Waals surface area contributed by atoms with Gasteiger partial charge in [0.1, 0.15) is 12.3 Å². The number of benzene rings is 2. The Balaban J connectivity index is 1.57. The third-order valence-electron chi connectivity index (χ3n) is 6.18. The fraction of sp³-hybridized carbons (Fsp3) is 0.360. The fourth-order valence-corrected chi connectivity index (χ4v) is 6.18. The zero-order chi connectivity index (χ0) is 26.7. The van der Waals surface area contributed by atoms with Crippen LogP contribution in [0, 0.1) is 0 Å². The minimum atomic E-state index is -3.91. The van der Waals surface area contributed by atoms with Gasteiger partial charge in [-0.05, 0) is 56.5 Å². The average molecular weight is 568 g/mol. The van der Waals surface area contributed by atoms with Gasteiger partial charge in [-0.3, -0.25) is 9.48 Å². The van der Waals surface area contributed by atoms with Crippen LogP contribution in [0.3, 0.4) is 0 Å². The summed E-state index contributed by atoms with van der Waals surface area (Å²) in [6.45, 7) is 2.01. The quantitative estimate of drug-likeness (QED) is 0.325. The van der Waals surface area contributed by atoms with Crippen LogP contribution in [0.1, 0.15) is 37.1 Å². The van der Waals surface area contributed by atoms with E-state index >= 15 is 0 Å². The molecule has 0 bridgehead atoms. The number of sulfonamides is 1. The molecule has 2 aromatic carbocycles. The van der Waals surface area contributed by atoms with E-state index in [4.69, 9.17) is 37.4 Å². The number of methoxy groups -OCH3 is 1. The van der Waals surface area contributed by atoms with Crippen LogP contribution in [0.2, 0.25) is 10.0 Å². The van der Waals surface area contributed by atoms with Crippen molar-refractivity contribution in [1.29, 1.82) is 0 Å². The fourth-order valence-electron chi connectivity index (χ4n) is 4.34. The van der Waals surface area contributed by atoms with Gasteiger partial charge in [0.05, 0.1) is 35.9 Å². The second-order valence-electron chi connectivity index (χ2n) is 8.43. The number of fused-ring (bicyclic) bond motifs is 1. The molecule has 1 aliphatic carbocycles. The monoisotopic (exact) mass is 567 g/mol. The zero-order valence-electron chi connectivity index (χ0n) is 20.6. The van der Waals surface area contributed by atoms with E-state index in [1.165, 1.54) is 36.7 Å². The van der Waals surface area contributed by atoms with E-state index in [1.807, 2.05) is 0 Å². The minimum Gasteiger partial charge on any atom is -0.493 e. The molecule has 37 heavy (non-hydrogen) atoms. The Hall–Kier alpha value is -2.79. The Morgan fingerprint density at radius 1 is 1.16 bits per heavy atom. The number of esters is 1. The molecule has 0 saturated heterocycles. The van der Waals surface area contributed by atoms with Crippen molar-refractivity contribution in [3.05, 3.63) is 63.9 Å². The van der Waals surface area contributed by atoms with Crippen molar-refractivity contribution in [2.24, 2.45) is 0 Å². The molecule has 9 nitrogen and oxygen atoms in total. The van der Waals surface area contributed by atoms with E-state index in [0.29, 0.717) is 29.4 Å².